The summed E-state index contributed by atoms with van der Waals surface area (Å²) in [4.78, 5) is 11.8. The maximum atomic E-state index is 11.8. The number of aliphatic hydroxyl groups excluding tert-OH is 1. The minimum atomic E-state index is -0.690. The number of hydrogen-bond donors (Lipinski definition) is 2. The first-order valence-corrected chi connectivity index (χ1v) is 6.03. The molecule has 0 amide bonds. The van der Waals surface area contributed by atoms with E-state index < -0.39 is 17.6 Å². The lowest BCUT2D eigenvalue weighted by Gasteiger charge is -2.23. The molecule has 0 heterocycles. The van der Waals surface area contributed by atoms with Gasteiger partial charge in [0.25, 0.3) is 0 Å². The fraction of sp³-hybridized carbons (Fsp3) is 0.500. The first-order valence-electron chi connectivity index (χ1n) is 6.03. The smallest absolute Gasteiger partial charge is 0.326 e. The molecule has 0 aliphatic rings. The predicted molar refractivity (Wildman–Crippen MR) is 70.0 cm³/mol. The summed E-state index contributed by atoms with van der Waals surface area (Å²) >= 11 is 0. The highest BCUT2D eigenvalue weighted by atomic mass is 16.6. The van der Waals surface area contributed by atoms with Gasteiger partial charge in [-0.2, -0.15) is 0 Å². The van der Waals surface area contributed by atoms with Crippen LogP contribution in [-0.2, 0) is 16.1 Å². The summed E-state index contributed by atoms with van der Waals surface area (Å²) in [5, 5.41) is 12.2. The molecular formula is C14H21NO3. The molecule has 0 saturated carbocycles. The van der Waals surface area contributed by atoms with Gasteiger partial charge >= 0.3 is 5.97 Å². The average Bonchev–Trinajstić information content (AvgIpc) is 2.29. The van der Waals surface area contributed by atoms with Crippen LogP contribution >= 0.6 is 0 Å². The van der Waals surface area contributed by atoms with E-state index in [4.69, 9.17) is 4.74 Å². The van der Waals surface area contributed by atoms with Crippen LogP contribution in [-0.4, -0.2) is 29.3 Å². The summed E-state index contributed by atoms with van der Waals surface area (Å²) in [6, 6.07) is 9.01. The van der Waals surface area contributed by atoms with Crippen LogP contribution in [0.1, 0.15) is 26.3 Å². The molecule has 0 saturated heterocycles. The predicted octanol–water partition coefficient (Wildman–Crippen LogP) is 1.48. The van der Waals surface area contributed by atoms with Crippen LogP contribution in [0.2, 0.25) is 0 Å². The third-order valence-corrected chi connectivity index (χ3v) is 2.27. The van der Waals surface area contributed by atoms with Crippen molar-refractivity contribution in [3.63, 3.8) is 0 Å². The molecule has 0 aromatic heterocycles. The van der Waals surface area contributed by atoms with Crippen molar-refractivity contribution in [2.75, 3.05) is 6.61 Å². The Hall–Kier alpha value is -1.39. The standard InChI is InChI=1S/C14H21NO3/c1-14(2,3)18-13(17)12(10-16)15-9-11-7-5-4-6-8-11/h4-8,12,15-16H,9-10H2,1-3H3/t12-/m1/s1. The lowest BCUT2D eigenvalue weighted by molar-refractivity contribution is -0.158. The van der Waals surface area contributed by atoms with Crippen molar-refractivity contribution in [1.29, 1.82) is 0 Å². The van der Waals surface area contributed by atoms with Crippen LogP contribution in [0, 0.1) is 0 Å². The van der Waals surface area contributed by atoms with Gasteiger partial charge in [0.15, 0.2) is 0 Å². The molecule has 2 N–H and O–H groups in total. The van der Waals surface area contributed by atoms with Gasteiger partial charge in [-0.1, -0.05) is 30.3 Å². The SMILES string of the molecule is CC(C)(C)OC(=O)[C@@H](CO)NCc1ccccc1. The minimum absolute atomic E-state index is 0.276. The molecule has 1 rings (SSSR count). The molecule has 4 heteroatoms. The lowest BCUT2D eigenvalue weighted by atomic mass is 10.2. The number of nitrogens with one attached hydrogen (secondary N) is 1. The van der Waals surface area contributed by atoms with Crippen molar-refractivity contribution >= 4 is 5.97 Å². The van der Waals surface area contributed by atoms with Gasteiger partial charge in [-0.25, -0.2) is 0 Å². The normalized spacial score (nSPS) is 13.1. The van der Waals surface area contributed by atoms with Gasteiger partial charge in [0, 0.05) is 6.54 Å². The van der Waals surface area contributed by atoms with Gasteiger partial charge in [0.1, 0.15) is 11.6 Å². The van der Waals surface area contributed by atoms with E-state index in [1.807, 2.05) is 30.3 Å². The number of hydrogen-bond acceptors (Lipinski definition) is 4. The maximum absolute atomic E-state index is 11.8. The zero-order valence-corrected chi connectivity index (χ0v) is 11.1. The van der Waals surface area contributed by atoms with Gasteiger partial charge in [0.2, 0.25) is 0 Å². The molecule has 0 aliphatic heterocycles. The Bertz CT molecular complexity index is 370. The first kappa shape index (κ1) is 14.7. The zero-order chi connectivity index (χ0) is 13.6. The van der Waals surface area contributed by atoms with Crippen LogP contribution in [0.4, 0.5) is 0 Å². The van der Waals surface area contributed by atoms with Crippen LogP contribution in [0.3, 0.4) is 0 Å². The van der Waals surface area contributed by atoms with Gasteiger partial charge in [-0.05, 0) is 26.3 Å². The van der Waals surface area contributed by atoms with Crippen molar-refractivity contribution < 1.29 is 14.6 Å². The van der Waals surface area contributed by atoms with E-state index in [0.717, 1.165) is 5.56 Å². The fourth-order valence-corrected chi connectivity index (χ4v) is 1.43. The summed E-state index contributed by atoms with van der Waals surface area (Å²) in [7, 11) is 0. The Kier molecular flexibility index (Phi) is 5.31. The molecule has 100 valence electrons. The van der Waals surface area contributed by atoms with Gasteiger partial charge in [-0.15, -0.1) is 0 Å². The topological polar surface area (TPSA) is 58.6 Å². The van der Waals surface area contributed by atoms with Crippen LogP contribution < -0.4 is 5.32 Å². The molecular weight excluding hydrogens is 230 g/mol. The third kappa shape index (κ3) is 5.29. The molecule has 0 unspecified atom stereocenters. The largest absolute Gasteiger partial charge is 0.459 e. The first-order chi connectivity index (χ1) is 8.42. The Morgan fingerprint density at radius 3 is 2.44 bits per heavy atom. The average molecular weight is 251 g/mol. The van der Waals surface area contributed by atoms with E-state index in [0.29, 0.717) is 6.54 Å². The van der Waals surface area contributed by atoms with Crippen molar-refractivity contribution in [3.8, 4) is 0 Å². The van der Waals surface area contributed by atoms with E-state index in [9.17, 15) is 9.90 Å². The molecule has 1 aromatic carbocycles. The van der Waals surface area contributed by atoms with Crippen LogP contribution in [0.15, 0.2) is 30.3 Å². The second-order valence-corrected chi connectivity index (χ2v) is 5.14. The summed E-state index contributed by atoms with van der Waals surface area (Å²) in [5.41, 5.74) is 0.512. The Morgan fingerprint density at radius 2 is 1.94 bits per heavy atom. The molecule has 0 spiro atoms. The number of esters is 1. The number of aliphatic hydroxyl groups is 1. The van der Waals surface area contributed by atoms with Crippen molar-refractivity contribution in [2.24, 2.45) is 0 Å². The third-order valence-electron chi connectivity index (χ3n) is 2.27. The lowest BCUT2D eigenvalue weighted by Crippen LogP contribution is -2.43. The molecule has 18 heavy (non-hydrogen) atoms. The second kappa shape index (κ2) is 6.52. The fourth-order valence-electron chi connectivity index (χ4n) is 1.43. The summed E-state index contributed by atoms with van der Waals surface area (Å²) in [5.74, 6) is -0.430. The van der Waals surface area contributed by atoms with E-state index in [-0.39, 0.29) is 6.61 Å². The Balaban J connectivity index is 2.50. The highest BCUT2D eigenvalue weighted by Gasteiger charge is 2.23. The molecule has 1 atom stereocenters. The van der Waals surface area contributed by atoms with E-state index in [1.54, 1.807) is 20.8 Å². The van der Waals surface area contributed by atoms with Gasteiger partial charge in [0.05, 0.1) is 6.61 Å². The Labute approximate surface area is 108 Å². The van der Waals surface area contributed by atoms with E-state index in [1.165, 1.54) is 0 Å². The maximum Gasteiger partial charge on any atom is 0.326 e. The van der Waals surface area contributed by atoms with Crippen molar-refractivity contribution in [2.45, 2.75) is 39.0 Å². The summed E-state index contributed by atoms with van der Waals surface area (Å²) < 4.78 is 5.22. The molecule has 4 nitrogen and oxygen atoms in total. The molecule has 0 radical (unpaired) electrons. The highest BCUT2D eigenvalue weighted by molar-refractivity contribution is 5.76. The highest BCUT2D eigenvalue weighted by Crippen LogP contribution is 2.08. The van der Waals surface area contributed by atoms with E-state index in [2.05, 4.69) is 5.32 Å². The second-order valence-electron chi connectivity index (χ2n) is 5.14. The molecule has 0 fully saturated rings. The number of carbonyl (C=O) groups is 1. The van der Waals surface area contributed by atoms with Crippen molar-refractivity contribution in [1.82, 2.24) is 5.32 Å². The monoisotopic (exact) mass is 251 g/mol. The Morgan fingerprint density at radius 1 is 1.33 bits per heavy atom. The van der Waals surface area contributed by atoms with Crippen molar-refractivity contribution in [3.05, 3.63) is 35.9 Å². The number of carbonyl (C=O) groups excluding carboxylic acids is 1. The quantitative estimate of drug-likeness (QED) is 0.778. The zero-order valence-electron chi connectivity index (χ0n) is 11.1. The van der Waals surface area contributed by atoms with Crippen LogP contribution in [0.25, 0.3) is 0 Å². The summed E-state index contributed by atoms with van der Waals surface area (Å²) in [6.45, 7) is 5.65. The van der Waals surface area contributed by atoms with E-state index >= 15 is 0 Å². The minimum Gasteiger partial charge on any atom is -0.459 e. The molecule has 0 aliphatic carbocycles. The number of rotatable bonds is 5. The summed E-state index contributed by atoms with van der Waals surface area (Å²) in [6.07, 6.45) is 0. The number of benzene rings is 1. The van der Waals surface area contributed by atoms with Gasteiger partial charge < -0.3 is 9.84 Å². The van der Waals surface area contributed by atoms with Crippen LogP contribution in [0.5, 0.6) is 0 Å². The molecule has 0 bridgehead atoms. The van der Waals surface area contributed by atoms with Gasteiger partial charge in [-0.3, -0.25) is 10.1 Å². The molecule has 1 aromatic rings. The number of ether oxygens (including phenoxy) is 1.